The molecule has 0 aliphatic carbocycles. The molecule has 0 fully saturated rings. The molecule has 0 saturated heterocycles. The molecular weight excluding hydrogens is 356 g/mol. The number of hydrogen-bond donors (Lipinski definition) is 1. The van der Waals surface area contributed by atoms with Crippen LogP contribution in [0.1, 0.15) is 33.6 Å². The molecule has 2 aromatic carbocycles. The topological polar surface area (TPSA) is 34.0 Å². The number of fused-ring (bicyclic) bond motifs is 1. The molecular formula is C23H21ClN2O. The number of carbonyl (C=O) groups excluding carboxylic acids is 1. The largest absolute Gasteiger partial charge is 0.321 e. The van der Waals surface area contributed by atoms with Gasteiger partial charge in [0.1, 0.15) is 0 Å². The fourth-order valence-corrected chi connectivity index (χ4v) is 3.92. The Bertz CT molecular complexity index is 1120. The lowest BCUT2D eigenvalue weighted by molar-refractivity contribution is -0.110. The molecule has 27 heavy (non-hydrogen) atoms. The molecule has 0 unspecified atom stereocenters. The highest BCUT2D eigenvalue weighted by Gasteiger charge is 2.25. The van der Waals surface area contributed by atoms with E-state index in [1.807, 2.05) is 18.2 Å². The number of nitrogens with one attached hydrogen (secondary N) is 1. The van der Waals surface area contributed by atoms with Gasteiger partial charge in [-0.2, -0.15) is 0 Å². The van der Waals surface area contributed by atoms with E-state index in [1.54, 1.807) is 6.07 Å². The molecule has 0 spiro atoms. The molecule has 3 aromatic rings. The van der Waals surface area contributed by atoms with Crippen LogP contribution in [-0.2, 0) is 4.79 Å². The summed E-state index contributed by atoms with van der Waals surface area (Å²) in [5, 5.41) is 3.51. The molecule has 0 radical (unpaired) electrons. The van der Waals surface area contributed by atoms with Crippen LogP contribution in [0.4, 0.5) is 5.69 Å². The molecule has 1 N–H and O–H groups in total. The molecule has 1 aliphatic rings. The first kappa shape index (κ1) is 17.6. The number of amides is 1. The molecule has 3 nitrogen and oxygen atoms in total. The van der Waals surface area contributed by atoms with Crippen LogP contribution in [-0.4, -0.2) is 10.5 Å². The van der Waals surface area contributed by atoms with E-state index in [1.165, 1.54) is 16.8 Å². The van der Waals surface area contributed by atoms with Crippen LogP contribution in [0.3, 0.4) is 0 Å². The van der Waals surface area contributed by atoms with Crippen LogP contribution in [0, 0.1) is 27.7 Å². The summed E-state index contributed by atoms with van der Waals surface area (Å²) in [6.45, 7) is 8.46. The summed E-state index contributed by atoms with van der Waals surface area (Å²) in [6, 6.07) is 14.0. The van der Waals surface area contributed by atoms with Crippen molar-refractivity contribution < 1.29 is 4.79 Å². The Hall–Kier alpha value is -2.78. The lowest BCUT2D eigenvalue weighted by Gasteiger charge is -2.14. The molecule has 1 amide bonds. The summed E-state index contributed by atoms with van der Waals surface area (Å²) >= 11 is 6.05. The van der Waals surface area contributed by atoms with Gasteiger partial charge in [-0.15, -0.1) is 0 Å². The number of nitrogens with zero attached hydrogens (tertiary/aromatic N) is 1. The van der Waals surface area contributed by atoms with Crippen molar-refractivity contribution >= 4 is 34.8 Å². The zero-order valence-corrected chi connectivity index (χ0v) is 16.6. The van der Waals surface area contributed by atoms with Crippen molar-refractivity contribution in [2.24, 2.45) is 0 Å². The normalized spacial score (nSPS) is 14.6. The SMILES string of the molecule is Cc1cccc(-n2c(C)cc(/C=C3/C(=O)Nc4cc(Cl)ccc43)c2C)c1C. The minimum Gasteiger partial charge on any atom is -0.321 e. The molecule has 0 saturated carbocycles. The zero-order valence-electron chi connectivity index (χ0n) is 15.9. The molecule has 4 heteroatoms. The Morgan fingerprint density at radius 3 is 2.59 bits per heavy atom. The van der Waals surface area contributed by atoms with E-state index in [0.29, 0.717) is 10.6 Å². The van der Waals surface area contributed by atoms with Gasteiger partial charge in [0.2, 0.25) is 0 Å². The lowest BCUT2D eigenvalue weighted by Crippen LogP contribution is -2.04. The average molecular weight is 377 g/mol. The van der Waals surface area contributed by atoms with E-state index >= 15 is 0 Å². The van der Waals surface area contributed by atoms with Gasteiger partial charge in [-0.05, 0) is 74.7 Å². The second kappa shape index (κ2) is 6.43. The monoisotopic (exact) mass is 376 g/mol. The molecule has 0 bridgehead atoms. The molecule has 136 valence electrons. The van der Waals surface area contributed by atoms with Crippen molar-refractivity contribution in [2.75, 3.05) is 5.32 Å². The number of aromatic nitrogens is 1. The first-order chi connectivity index (χ1) is 12.9. The Morgan fingerprint density at radius 2 is 1.81 bits per heavy atom. The predicted octanol–water partition coefficient (Wildman–Crippen LogP) is 5.86. The number of benzene rings is 2. The van der Waals surface area contributed by atoms with Crippen LogP contribution < -0.4 is 5.32 Å². The molecule has 4 rings (SSSR count). The van der Waals surface area contributed by atoms with Gasteiger partial charge in [-0.1, -0.05) is 29.8 Å². The maximum atomic E-state index is 12.5. The van der Waals surface area contributed by atoms with Gasteiger partial charge in [-0.3, -0.25) is 4.79 Å². The fourth-order valence-electron chi connectivity index (χ4n) is 3.75. The van der Waals surface area contributed by atoms with Crippen LogP contribution in [0.25, 0.3) is 17.3 Å². The number of aryl methyl sites for hydroxylation is 2. The number of anilines is 1. The standard InChI is InChI=1S/C23H21ClN2O/c1-13-6-5-7-22(15(13)3)26-14(2)10-17(16(26)4)11-20-19-9-8-18(24)12-21(19)25-23(20)27/h5-12H,1-4H3,(H,25,27)/b20-11+. The maximum Gasteiger partial charge on any atom is 0.256 e. The predicted molar refractivity (Wildman–Crippen MR) is 113 cm³/mol. The second-order valence-corrected chi connectivity index (χ2v) is 7.52. The van der Waals surface area contributed by atoms with E-state index in [2.05, 4.69) is 61.8 Å². The molecule has 1 aliphatic heterocycles. The van der Waals surface area contributed by atoms with Crippen LogP contribution >= 0.6 is 11.6 Å². The van der Waals surface area contributed by atoms with Gasteiger partial charge in [0.05, 0.1) is 5.69 Å². The van der Waals surface area contributed by atoms with Crippen molar-refractivity contribution in [1.29, 1.82) is 0 Å². The summed E-state index contributed by atoms with van der Waals surface area (Å²) in [4.78, 5) is 12.5. The third kappa shape index (κ3) is 2.88. The van der Waals surface area contributed by atoms with Gasteiger partial charge >= 0.3 is 0 Å². The van der Waals surface area contributed by atoms with E-state index in [-0.39, 0.29) is 5.91 Å². The van der Waals surface area contributed by atoms with Gasteiger partial charge in [-0.25, -0.2) is 0 Å². The minimum absolute atomic E-state index is 0.0937. The van der Waals surface area contributed by atoms with Crippen molar-refractivity contribution in [2.45, 2.75) is 27.7 Å². The van der Waals surface area contributed by atoms with Crippen LogP contribution in [0.15, 0.2) is 42.5 Å². The molecule has 1 aromatic heterocycles. The zero-order chi connectivity index (χ0) is 19.3. The summed E-state index contributed by atoms with van der Waals surface area (Å²) in [7, 11) is 0. The van der Waals surface area contributed by atoms with Gasteiger partial charge in [0.15, 0.2) is 0 Å². The van der Waals surface area contributed by atoms with Crippen LogP contribution in [0.5, 0.6) is 0 Å². The van der Waals surface area contributed by atoms with E-state index in [0.717, 1.165) is 28.2 Å². The summed E-state index contributed by atoms with van der Waals surface area (Å²) in [5.41, 5.74) is 9.33. The third-order valence-corrected chi connectivity index (χ3v) is 5.59. The fraction of sp³-hybridized carbons (Fsp3) is 0.174. The maximum absolute atomic E-state index is 12.5. The summed E-state index contributed by atoms with van der Waals surface area (Å²) in [5.74, 6) is -0.0937. The Morgan fingerprint density at radius 1 is 1.04 bits per heavy atom. The van der Waals surface area contributed by atoms with Crippen molar-refractivity contribution in [3.05, 3.63) is 81.1 Å². The number of rotatable bonds is 2. The highest BCUT2D eigenvalue weighted by atomic mass is 35.5. The number of hydrogen-bond acceptors (Lipinski definition) is 1. The van der Waals surface area contributed by atoms with E-state index < -0.39 is 0 Å². The third-order valence-electron chi connectivity index (χ3n) is 5.35. The Labute approximate surface area is 164 Å². The number of halogens is 1. The number of carbonyl (C=O) groups is 1. The first-order valence-electron chi connectivity index (χ1n) is 8.95. The lowest BCUT2D eigenvalue weighted by atomic mass is 10.0. The quantitative estimate of drug-likeness (QED) is 0.558. The van der Waals surface area contributed by atoms with Gasteiger partial charge in [0.25, 0.3) is 5.91 Å². The summed E-state index contributed by atoms with van der Waals surface area (Å²) in [6.07, 6.45) is 1.97. The van der Waals surface area contributed by atoms with E-state index in [9.17, 15) is 4.79 Å². The molecule has 0 atom stereocenters. The van der Waals surface area contributed by atoms with Crippen molar-refractivity contribution in [1.82, 2.24) is 4.57 Å². The smallest absolute Gasteiger partial charge is 0.256 e. The highest BCUT2D eigenvalue weighted by Crippen LogP contribution is 2.36. The van der Waals surface area contributed by atoms with E-state index in [4.69, 9.17) is 11.6 Å². The Balaban J connectivity index is 1.85. The second-order valence-electron chi connectivity index (χ2n) is 7.08. The van der Waals surface area contributed by atoms with Gasteiger partial charge < -0.3 is 9.88 Å². The summed E-state index contributed by atoms with van der Waals surface area (Å²) < 4.78 is 2.25. The Kier molecular flexibility index (Phi) is 4.20. The average Bonchev–Trinajstić information content (AvgIpc) is 3.07. The first-order valence-corrected chi connectivity index (χ1v) is 9.33. The highest BCUT2D eigenvalue weighted by molar-refractivity contribution is 6.36. The minimum atomic E-state index is -0.0937. The van der Waals surface area contributed by atoms with Crippen molar-refractivity contribution in [3.63, 3.8) is 0 Å². The van der Waals surface area contributed by atoms with Gasteiger partial charge in [0, 0.05) is 33.2 Å². The van der Waals surface area contributed by atoms with Crippen LogP contribution in [0.2, 0.25) is 5.02 Å². The van der Waals surface area contributed by atoms with Crippen molar-refractivity contribution in [3.8, 4) is 5.69 Å². The molecule has 2 heterocycles.